The Balaban J connectivity index is 1.98. The number of nitrogens with zero attached hydrogens (tertiary/aromatic N) is 4. The molecule has 2 rings (SSSR count). The van der Waals surface area contributed by atoms with Gasteiger partial charge in [0.1, 0.15) is 18.7 Å². The predicted molar refractivity (Wildman–Crippen MR) is 51.9 cm³/mol. The Morgan fingerprint density at radius 2 is 2.27 bits per heavy atom. The van der Waals surface area contributed by atoms with Crippen LogP contribution in [0.3, 0.4) is 0 Å². The van der Waals surface area contributed by atoms with Gasteiger partial charge in [-0.1, -0.05) is 0 Å². The summed E-state index contributed by atoms with van der Waals surface area (Å²) in [6.45, 7) is 4.27. The molecule has 1 N–H and O–H groups in total. The molecule has 6 nitrogen and oxygen atoms in total. The maximum absolute atomic E-state index is 11.8. The molecule has 0 spiro atoms. The summed E-state index contributed by atoms with van der Waals surface area (Å²) in [5, 5.41) is 13.4. The van der Waals surface area contributed by atoms with Gasteiger partial charge in [0.15, 0.2) is 0 Å². The number of carbonyl (C=O) groups excluding carboxylic acids is 1. The molecule has 15 heavy (non-hydrogen) atoms. The summed E-state index contributed by atoms with van der Waals surface area (Å²) >= 11 is 0. The average Bonchev–Trinajstić information content (AvgIpc) is 2.64. The molecule has 0 bridgehead atoms. The Morgan fingerprint density at radius 3 is 2.73 bits per heavy atom. The van der Waals surface area contributed by atoms with Gasteiger partial charge in [0.25, 0.3) is 0 Å². The number of amides is 1. The standard InChI is InChI=1S/C9H14N4O2/c1-7(13-6-10-5-11-13)8(14)12-3-9(2,15)4-12/h5-7,15H,3-4H2,1-2H3. The Morgan fingerprint density at radius 1 is 1.60 bits per heavy atom. The molecule has 82 valence electrons. The molecule has 1 atom stereocenters. The first-order chi connectivity index (χ1) is 6.99. The predicted octanol–water partition coefficient (Wildman–Crippen LogP) is -0.568. The van der Waals surface area contributed by atoms with E-state index in [1.54, 1.807) is 18.7 Å². The largest absolute Gasteiger partial charge is 0.386 e. The lowest BCUT2D eigenvalue weighted by Gasteiger charge is -2.45. The summed E-state index contributed by atoms with van der Waals surface area (Å²) in [5.41, 5.74) is -0.724. The highest BCUT2D eigenvalue weighted by Crippen LogP contribution is 2.22. The van der Waals surface area contributed by atoms with E-state index in [-0.39, 0.29) is 11.9 Å². The van der Waals surface area contributed by atoms with Crippen molar-refractivity contribution < 1.29 is 9.90 Å². The van der Waals surface area contributed by atoms with Crippen LogP contribution in [0.25, 0.3) is 0 Å². The van der Waals surface area contributed by atoms with Gasteiger partial charge in [-0.25, -0.2) is 9.67 Å². The molecule has 0 radical (unpaired) electrons. The Labute approximate surface area is 87.5 Å². The maximum atomic E-state index is 11.8. The van der Waals surface area contributed by atoms with E-state index < -0.39 is 5.60 Å². The van der Waals surface area contributed by atoms with Crippen LogP contribution in [0.4, 0.5) is 0 Å². The molecule has 1 fully saturated rings. The summed E-state index contributed by atoms with van der Waals surface area (Å²) in [5.74, 6) is -0.0352. The topological polar surface area (TPSA) is 71.2 Å². The zero-order valence-electron chi connectivity index (χ0n) is 8.79. The zero-order chi connectivity index (χ0) is 11.1. The van der Waals surface area contributed by atoms with E-state index in [9.17, 15) is 9.90 Å². The first-order valence-electron chi connectivity index (χ1n) is 4.85. The highest BCUT2D eigenvalue weighted by atomic mass is 16.3. The van der Waals surface area contributed by atoms with Crippen LogP contribution in [-0.4, -0.2) is 49.4 Å². The molecule has 0 aromatic carbocycles. The molecule has 2 heterocycles. The van der Waals surface area contributed by atoms with Crippen LogP contribution in [-0.2, 0) is 4.79 Å². The second kappa shape index (κ2) is 3.30. The SMILES string of the molecule is CC(C(=O)N1CC(C)(O)C1)n1cncn1. The highest BCUT2D eigenvalue weighted by Gasteiger charge is 2.41. The quantitative estimate of drug-likeness (QED) is 0.709. The molecule has 0 aliphatic carbocycles. The molecule has 1 aromatic heterocycles. The van der Waals surface area contributed by atoms with Crippen molar-refractivity contribution in [2.24, 2.45) is 0 Å². The molecule has 1 aromatic rings. The number of hydrogen-bond acceptors (Lipinski definition) is 4. The van der Waals surface area contributed by atoms with E-state index in [0.717, 1.165) is 0 Å². The van der Waals surface area contributed by atoms with E-state index in [2.05, 4.69) is 10.1 Å². The van der Waals surface area contributed by atoms with E-state index in [1.807, 2.05) is 0 Å². The number of likely N-dealkylation sites (tertiary alicyclic amines) is 1. The second-order valence-corrected chi connectivity index (χ2v) is 4.24. The fraction of sp³-hybridized carbons (Fsp3) is 0.667. The molecule has 6 heteroatoms. The monoisotopic (exact) mass is 210 g/mol. The van der Waals surface area contributed by atoms with Crippen molar-refractivity contribution in [1.29, 1.82) is 0 Å². The molecular weight excluding hydrogens is 196 g/mol. The van der Waals surface area contributed by atoms with Crippen LogP contribution in [0.15, 0.2) is 12.7 Å². The van der Waals surface area contributed by atoms with Crippen molar-refractivity contribution in [3.63, 3.8) is 0 Å². The van der Waals surface area contributed by atoms with Crippen molar-refractivity contribution in [2.75, 3.05) is 13.1 Å². The van der Waals surface area contributed by atoms with E-state index >= 15 is 0 Å². The van der Waals surface area contributed by atoms with E-state index in [0.29, 0.717) is 13.1 Å². The third-order valence-corrected chi connectivity index (χ3v) is 2.57. The third kappa shape index (κ3) is 1.85. The molecule has 1 aliphatic heterocycles. The highest BCUT2D eigenvalue weighted by molar-refractivity contribution is 5.81. The van der Waals surface area contributed by atoms with Gasteiger partial charge in [-0.15, -0.1) is 0 Å². The minimum atomic E-state index is -0.724. The normalized spacial score (nSPS) is 20.9. The van der Waals surface area contributed by atoms with Gasteiger partial charge < -0.3 is 10.0 Å². The zero-order valence-corrected chi connectivity index (χ0v) is 8.79. The summed E-state index contributed by atoms with van der Waals surface area (Å²) in [6, 6.07) is -0.358. The lowest BCUT2D eigenvalue weighted by Crippen LogP contribution is -2.62. The maximum Gasteiger partial charge on any atom is 0.247 e. The van der Waals surface area contributed by atoms with E-state index in [1.165, 1.54) is 17.3 Å². The number of β-amino-alcohol motifs (C(OH)–C–C–N with tert-alkyl or cyclic N) is 1. The van der Waals surface area contributed by atoms with Crippen molar-refractivity contribution in [3.8, 4) is 0 Å². The van der Waals surface area contributed by atoms with Gasteiger partial charge in [-0.05, 0) is 13.8 Å². The van der Waals surface area contributed by atoms with Crippen molar-refractivity contribution in [1.82, 2.24) is 19.7 Å². The third-order valence-electron chi connectivity index (χ3n) is 2.57. The van der Waals surface area contributed by atoms with Gasteiger partial charge in [-0.2, -0.15) is 5.10 Å². The number of carbonyl (C=O) groups is 1. The first kappa shape index (κ1) is 10.1. The lowest BCUT2D eigenvalue weighted by atomic mass is 9.96. The minimum absolute atomic E-state index is 0.0352. The van der Waals surface area contributed by atoms with Gasteiger partial charge >= 0.3 is 0 Å². The Hall–Kier alpha value is -1.43. The van der Waals surface area contributed by atoms with Crippen LogP contribution < -0.4 is 0 Å². The number of hydrogen-bond donors (Lipinski definition) is 1. The van der Waals surface area contributed by atoms with Crippen LogP contribution in [0.1, 0.15) is 19.9 Å². The first-order valence-corrected chi connectivity index (χ1v) is 4.85. The van der Waals surface area contributed by atoms with Crippen LogP contribution in [0, 0.1) is 0 Å². The number of aliphatic hydroxyl groups is 1. The van der Waals surface area contributed by atoms with Crippen molar-refractivity contribution >= 4 is 5.91 Å². The second-order valence-electron chi connectivity index (χ2n) is 4.24. The molecule has 0 saturated carbocycles. The fourth-order valence-electron chi connectivity index (χ4n) is 1.73. The number of aromatic nitrogens is 3. The van der Waals surface area contributed by atoms with E-state index in [4.69, 9.17) is 0 Å². The summed E-state index contributed by atoms with van der Waals surface area (Å²) < 4.78 is 1.51. The van der Waals surface area contributed by atoms with Crippen molar-refractivity contribution in [3.05, 3.63) is 12.7 Å². The molecule has 1 saturated heterocycles. The summed E-state index contributed by atoms with van der Waals surface area (Å²) in [4.78, 5) is 17.2. The molecular formula is C9H14N4O2. The van der Waals surface area contributed by atoms with Gasteiger partial charge in [0.05, 0.1) is 18.7 Å². The fourth-order valence-corrected chi connectivity index (χ4v) is 1.73. The molecule has 1 amide bonds. The summed E-state index contributed by atoms with van der Waals surface area (Å²) in [7, 11) is 0. The van der Waals surface area contributed by atoms with Gasteiger partial charge in [0.2, 0.25) is 5.91 Å². The van der Waals surface area contributed by atoms with Crippen molar-refractivity contribution in [2.45, 2.75) is 25.5 Å². The van der Waals surface area contributed by atoms with Crippen LogP contribution in [0.2, 0.25) is 0 Å². The summed E-state index contributed by atoms with van der Waals surface area (Å²) in [6.07, 6.45) is 2.91. The Kier molecular flexibility index (Phi) is 2.22. The van der Waals surface area contributed by atoms with Gasteiger partial charge in [-0.3, -0.25) is 4.79 Å². The molecule has 1 unspecified atom stereocenters. The number of rotatable bonds is 2. The Bertz CT molecular complexity index is 352. The average molecular weight is 210 g/mol. The van der Waals surface area contributed by atoms with Gasteiger partial charge in [0, 0.05) is 0 Å². The molecule has 1 aliphatic rings. The van der Waals surface area contributed by atoms with Crippen LogP contribution >= 0.6 is 0 Å². The van der Waals surface area contributed by atoms with Crippen LogP contribution in [0.5, 0.6) is 0 Å². The minimum Gasteiger partial charge on any atom is -0.386 e. The lowest BCUT2D eigenvalue weighted by molar-refractivity contribution is -0.155. The smallest absolute Gasteiger partial charge is 0.247 e.